The standard InChI is InChI=1S/C14H15N5/c15-8-12-13(17-9-14(16)6-3-7-14)10-4-1-2-5-11(10)18-19-12/h1-2,4-5H,3,6-7,9,16H2,(H,17,18). The van der Waals surface area contributed by atoms with E-state index in [0.29, 0.717) is 12.2 Å². The highest BCUT2D eigenvalue weighted by Crippen LogP contribution is 2.31. The average molecular weight is 253 g/mol. The van der Waals surface area contributed by atoms with Crippen molar-refractivity contribution in [3.63, 3.8) is 0 Å². The Kier molecular flexibility index (Phi) is 2.80. The van der Waals surface area contributed by atoms with Gasteiger partial charge in [0, 0.05) is 17.5 Å². The molecule has 19 heavy (non-hydrogen) atoms. The Bertz CT molecular complexity index is 654. The van der Waals surface area contributed by atoms with Gasteiger partial charge in [-0.3, -0.25) is 0 Å². The summed E-state index contributed by atoms with van der Waals surface area (Å²) in [5, 5.41) is 21.4. The summed E-state index contributed by atoms with van der Waals surface area (Å²) < 4.78 is 0. The summed E-state index contributed by atoms with van der Waals surface area (Å²) >= 11 is 0. The van der Waals surface area contributed by atoms with E-state index in [2.05, 4.69) is 21.6 Å². The summed E-state index contributed by atoms with van der Waals surface area (Å²) in [7, 11) is 0. The molecule has 0 amide bonds. The summed E-state index contributed by atoms with van der Waals surface area (Å²) in [6.07, 6.45) is 3.23. The first-order valence-corrected chi connectivity index (χ1v) is 6.40. The Morgan fingerprint density at radius 2 is 2.11 bits per heavy atom. The number of nitrogens with one attached hydrogen (secondary N) is 1. The van der Waals surface area contributed by atoms with Gasteiger partial charge < -0.3 is 11.1 Å². The first-order chi connectivity index (χ1) is 9.22. The Morgan fingerprint density at radius 1 is 1.32 bits per heavy atom. The fourth-order valence-electron chi connectivity index (χ4n) is 2.38. The van der Waals surface area contributed by atoms with Gasteiger partial charge in [0.2, 0.25) is 0 Å². The molecule has 1 fully saturated rings. The molecule has 1 aromatic carbocycles. The zero-order valence-electron chi connectivity index (χ0n) is 10.6. The highest BCUT2D eigenvalue weighted by molar-refractivity contribution is 5.92. The van der Waals surface area contributed by atoms with Gasteiger partial charge in [0.1, 0.15) is 6.07 Å². The van der Waals surface area contributed by atoms with Crippen molar-refractivity contribution in [1.29, 1.82) is 5.26 Å². The summed E-state index contributed by atoms with van der Waals surface area (Å²) in [4.78, 5) is 0. The summed E-state index contributed by atoms with van der Waals surface area (Å²) in [5.74, 6) is 0. The lowest BCUT2D eigenvalue weighted by Gasteiger charge is -2.38. The molecule has 1 heterocycles. The van der Waals surface area contributed by atoms with Crippen molar-refractivity contribution in [1.82, 2.24) is 10.2 Å². The highest BCUT2D eigenvalue weighted by Gasteiger charge is 2.32. The maximum Gasteiger partial charge on any atom is 0.186 e. The lowest BCUT2D eigenvalue weighted by atomic mass is 9.78. The van der Waals surface area contributed by atoms with Crippen LogP contribution in [0.25, 0.3) is 10.9 Å². The van der Waals surface area contributed by atoms with Crippen LogP contribution in [0.2, 0.25) is 0 Å². The zero-order valence-corrected chi connectivity index (χ0v) is 10.6. The maximum absolute atomic E-state index is 9.15. The number of nitriles is 1. The maximum atomic E-state index is 9.15. The van der Waals surface area contributed by atoms with Crippen LogP contribution in [-0.4, -0.2) is 22.3 Å². The van der Waals surface area contributed by atoms with Crippen molar-refractivity contribution in [2.24, 2.45) is 5.73 Å². The smallest absolute Gasteiger partial charge is 0.186 e. The van der Waals surface area contributed by atoms with E-state index >= 15 is 0 Å². The molecular weight excluding hydrogens is 238 g/mol. The molecule has 5 nitrogen and oxygen atoms in total. The number of anilines is 1. The normalized spacial score (nSPS) is 16.6. The molecule has 3 N–H and O–H groups in total. The number of aromatic nitrogens is 2. The molecule has 1 aliphatic rings. The van der Waals surface area contributed by atoms with Gasteiger partial charge in [-0.1, -0.05) is 18.2 Å². The number of nitrogens with zero attached hydrogens (tertiary/aromatic N) is 3. The van der Waals surface area contributed by atoms with E-state index < -0.39 is 0 Å². The molecule has 0 saturated heterocycles. The van der Waals surface area contributed by atoms with E-state index in [-0.39, 0.29) is 5.54 Å². The second kappa shape index (κ2) is 4.48. The van der Waals surface area contributed by atoms with Crippen LogP contribution in [0.3, 0.4) is 0 Å². The Balaban J connectivity index is 1.98. The first kappa shape index (κ1) is 11.9. The van der Waals surface area contributed by atoms with Crippen LogP contribution < -0.4 is 11.1 Å². The third-order valence-corrected chi connectivity index (χ3v) is 3.74. The van der Waals surface area contributed by atoms with Gasteiger partial charge >= 0.3 is 0 Å². The quantitative estimate of drug-likeness (QED) is 0.870. The van der Waals surface area contributed by atoms with Crippen molar-refractivity contribution in [2.75, 3.05) is 11.9 Å². The van der Waals surface area contributed by atoms with Gasteiger partial charge in [0.05, 0.1) is 11.2 Å². The summed E-state index contributed by atoms with van der Waals surface area (Å²) in [6, 6.07) is 9.74. The van der Waals surface area contributed by atoms with E-state index in [4.69, 9.17) is 11.0 Å². The molecule has 1 saturated carbocycles. The number of benzene rings is 1. The van der Waals surface area contributed by atoms with Crippen molar-refractivity contribution in [3.05, 3.63) is 30.0 Å². The lowest BCUT2D eigenvalue weighted by Crippen LogP contribution is -2.52. The van der Waals surface area contributed by atoms with Crippen molar-refractivity contribution in [2.45, 2.75) is 24.8 Å². The second-order valence-corrected chi connectivity index (χ2v) is 5.12. The SMILES string of the molecule is N#Cc1nnc2ccccc2c1NCC1(N)CCC1. The van der Waals surface area contributed by atoms with Gasteiger partial charge in [0.25, 0.3) is 0 Å². The van der Waals surface area contributed by atoms with Crippen molar-refractivity contribution in [3.8, 4) is 6.07 Å². The molecule has 0 radical (unpaired) electrons. The molecule has 5 heteroatoms. The number of hydrogen-bond donors (Lipinski definition) is 2. The first-order valence-electron chi connectivity index (χ1n) is 6.40. The highest BCUT2D eigenvalue weighted by atomic mass is 15.1. The molecular formula is C14H15N5. The largest absolute Gasteiger partial charge is 0.380 e. The number of nitrogens with two attached hydrogens (primary N) is 1. The minimum atomic E-state index is -0.142. The van der Waals surface area contributed by atoms with Crippen molar-refractivity contribution < 1.29 is 0 Å². The molecule has 0 unspecified atom stereocenters. The van der Waals surface area contributed by atoms with E-state index in [9.17, 15) is 0 Å². The predicted molar refractivity (Wildman–Crippen MR) is 73.5 cm³/mol. The van der Waals surface area contributed by atoms with E-state index in [1.165, 1.54) is 6.42 Å². The van der Waals surface area contributed by atoms with Crippen LogP contribution in [0.5, 0.6) is 0 Å². The topological polar surface area (TPSA) is 87.6 Å². The fraction of sp³-hybridized carbons (Fsp3) is 0.357. The Labute approximate surface area is 111 Å². The molecule has 1 aromatic heterocycles. The van der Waals surface area contributed by atoms with E-state index in [1.54, 1.807) is 0 Å². The van der Waals surface area contributed by atoms with Crippen LogP contribution >= 0.6 is 0 Å². The summed E-state index contributed by atoms with van der Waals surface area (Å²) in [6.45, 7) is 0.664. The molecule has 96 valence electrons. The van der Waals surface area contributed by atoms with Gasteiger partial charge in [-0.25, -0.2) is 0 Å². The van der Waals surface area contributed by atoms with Crippen LogP contribution in [0.1, 0.15) is 25.0 Å². The second-order valence-electron chi connectivity index (χ2n) is 5.12. The minimum Gasteiger partial charge on any atom is -0.380 e. The van der Waals surface area contributed by atoms with Crippen LogP contribution in [0.4, 0.5) is 5.69 Å². The number of rotatable bonds is 3. The average Bonchev–Trinajstić information content (AvgIpc) is 2.42. The molecule has 0 aliphatic heterocycles. The van der Waals surface area contributed by atoms with Gasteiger partial charge in [0.15, 0.2) is 5.69 Å². The predicted octanol–water partition coefficient (Wildman–Crippen LogP) is 1.79. The minimum absolute atomic E-state index is 0.142. The molecule has 0 bridgehead atoms. The Morgan fingerprint density at radius 3 is 2.79 bits per heavy atom. The van der Waals surface area contributed by atoms with Crippen LogP contribution in [-0.2, 0) is 0 Å². The molecule has 0 spiro atoms. The van der Waals surface area contributed by atoms with Gasteiger partial charge in [-0.05, 0) is 25.3 Å². The fourth-order valence-corrected chi connectivity index (χ4v) is 2.38. The lowest BCUT2D eigenvalue weighted by molar-refractivity contribution is 0.265. The third-order valence-electron chi connectivity index (χ3n) is 3.74. The monoisotopic (exact) mass is 253 g/mol. The van der Waals surface area contributed by atoms with E-state index in [0.717, 1.165) is 29.4 Å². The molecule has 0 atom stereocenters. The molecule has 1 aliphatic carbocycles. The van der Waals surface area contributed by atoms with E-state index in [1.807, 2.05) is 24.3 Å². The van der Waals surface area contributed by atoms with Crippen molar-refractivity contribution >= 4 is 16.6 Å². The number of fused-ring (bicyclic) bond motifs is 1. The van der Waals surface area contributed by atoms with Gasteiger partial charge in [-0.15, -0.1) is 10.2 Å². The summed E-state index contributed by atoms with van der Waals surface area (Å²) in [5.41, 5.74) is 7.91. The van der Waals surface area contributed by atoms with Crippen LogP contribution in [0, 0.1) is 11.3 Å². The molecule has 3 rings (SSSR count). The van der Waals surface area contributed by atoms with Gasteiger partial charge in [-0.2, -0.15) is 5.26 Å². The Hall–Kier alpha value is -2.19. The number of hydrogen-bond acceptors (Lipinski definition) is 5. The molecule has 2 aromatic rings. The third kappa shape index (κ3) is 2.11. The van der Waals surface area contributed by atoms with Crippen LogP contribution in [0.15, 0.2) is 24.3 Å². The zero-order chi connectivity index (χ0) is 13.3.